The summed E-state index contributed by atoms with van der Waals surface area (Å²) in [6.45, 7) is 4.59. The highest BCUT2D eigenvalue weighted by Crippen LogP contribution is 2.32. The van der Waals surface area contributed by atoms with E-state index in [0.717, 1.165) is 0 Å². The Morgan fingerprint density at radius 3 is 2.40 bits per heavy atom. The molecular weight excluding hydrogens is 411 g/mol. The van der Waals surface area contributed by atoms with Crippen molar-refractivity contribution < 1.29 is 27.1 Å². The number of rotatable bonds is 7. The average Bonchev–Trinajstić information content (AvgIpc) is 2.96. The van der Waals surface area contributed by atoms with Gasteiger partial charge < -0.3 is 14.8 Å². The second-order valence-electron chi connectivity index (χ2n) is 7.35. The number of hydrogen-bond acceptors (Lipinski definition) is 5. The molecule has 0 radical (unpaired) electrons. The maximum atomic E-state index is 13.0. The van der Waals surface area contributed by atoms with Gasteiger partial charge in [-0.15, -0.1) is 0 Å². The van der Waals surface area contributed by atoms with Gasteiger partial charge >= 0.3 is 0 Å². The van der Waals surface area contributed by atoms with Crippen LogP contribution >= 0.6 is 0 Å². The van der Waals surface area contributed by atoms with Crippen LogP contribution in [0.4, 0.5) is 4.39 Å². The van der Waals surface area contributed by atoms with Crippen LogP contribution in [0, 0.1) is 11.7 Å². The first-order valence-electron chi connectivity index (χ1n) is 9.70. The quantitative estimate of drug-likeness (QED) is 0.696. The summed E-state index contributed by atoms with van der Waals surface area (Å²) in [5.74, 6) is -0.283. The lowest BCUT2D eigenvalue weighted by molar-refractivity contribution is -0.123. The summed E-state index contributed by atoms with van der Waals surface area (Å²) in [4.78, 5) is 12.6. The summed E-state index contributed by atoms with van der Waals surface area (Å²) in [5.41, 5.74) is 0.706. The van der Waals surface area contributed by atoms with Crippen molar-refractivity contribution in [1.82, 2.24) is 10.0 Å². The van der Waals surface area contributed by atoms with Crippen LogP contribution in [0.3, 0.4) is 0 Å². The third-order valence-electron chi connectivity index (χ3n) is 4.64. The van der Waals surface area contributed by atoms with Crippen LogP contribution in [0.25, 0.3) is 0 Å². The molecule has 30 heavy (non-hydrogen) atoms. The Bertz CT molecular complexity index is 993. The van der Waals surface area contributed by atoms with Gasteiger partial charge in [-0.25, -0.2) is 12.8 Å². The van der Waals surface area contributed by atoms with Crippen molar-refractivity contribution in [2.45, 2.75) is 37.8 Å². The van der Waals surface area contributed by atoms with Gasteiger partial charge in [-0.1, -0.05) is 26.0 Å². The molecule has 1 amide bonds. The molecule has 0 fully saturated rings. The number of hydrogen-bond donors (Lipinski definition) is 2. The van der Waals surface area contributed by atoms with Crippen molar-refractivity contribution in [3.8, 4) is 11.5 Å². The first-order chi connectivity index (χ1) is 14.3. The predicted octanol–water partition coefficient (Wildman–Crippen LogP) is 2.61. The van der Waals surface area contributed by atoms with E-state index in [0.29, 0.717) is 36.7 Å². The molecule has 0 aromatic heterocycles. The zero-order chi connectivity index (χ0) is 21.7. The summed E-state index contributed by atoms with van der Waals surface area (Å²) in [6.07, 6.45) is 0.707. The third kappa shape index (κ3) is 5.48. The van der Waals surface area contributed by atoms with E-state index >= 15 is 0 Å². The van der Waals surface area contributed by atoms with Crippen LogP contribution in [0.1, 0.15) is 25.8 Å². The lowest BCUT2D eigenvalue weighted by Gasteiger charge is -2.22. The predicted molar refractivity (Wildman–Crippen MR) is 109 cm³/mol. The molecule has 7 nitrogen and oxygen atoms in total. The van der Waals surface area contributed by atoms with E-state index in [2.05, 4.69) is 10.0 Å². The van der Waals surface area contributed by atoms with Crippen molar-refractivity contribution in [3.05, 3.63) is 53.8 Å². The fourth-order valence-electron chi connectivity index (χ4n) is 2.94. The molecule has 1 heterocycles. The SMILES string of the molecule is CC(C)[C@H](NS(=O)(=O)c1ccc2c(c1)OCCCO2)C(=O)NCc1ccc(F)cc1. The van der Waals surface area contributed by atoms with E-state index in [1.807, 2.05) is 0 Å². The lowest BCUT2D eigenvalue weighted by atomic mass is 10.0. The number of nitrogens with one attached hydrogen (secondary N) is 2. The zero-order valence-electron chi connectivity index (χ0n) is 16.9. The number of carbonyl (C=O) groups is 1. The van der Waals surface area contributed by atoms with Crippen LogP contribution in [0.5, 0.6) is 11.5 Å². The second-order valence-corrected chi connectivity index (χ2v) is 9.06. The monoisotopic (exact) mass is 436 g/mol. The number of carbonyl (C=O) groups excluding carboxylic acids is 1. The van der Waals surface area contributed by atoms with Crippen LogP contribution in [0.15, 0.2) is 47.4 Å². The van der Waals surface area contributed by atoms with Crippen LogP contribution in [0.2, 0.25) is 0 Å². The molecule has 0 aliphatic carbocycles. The van der Waals surface area contributed by atoms with Gasteiger partial charge in [0.2, 0.25) is 15.9 Å². The van der Waals surface area contributed by atoms with Gasteiger partial charge in [-0.05, 0) is 35.7 Å². The van der Waals surface area contributed by atoms with Gasteiger partial charge in [0.05, 0.1) is 18.1 Å². The number of sulfonamides is 1. The Kier molecular flexibility index (Phi) is 6.94. The molecule has 0 saturated carbocycles. The summed E-state index contributed by atoms with van der Waals surface area (Å²) in [6, 6.07) is 9.10. The Morgan fingerprint density at radius 1 is 1.07 bits per heavy atom. The molecule has 1 atom stereocenters. The van der Waals surface area contributed by atoms with E-state index in [-0.39, 0.29) is 23.2 Å². The highest BCUT2D eigenvalue weighted by atomic mass is 32.2. The zero-order valence-corrected chi connectivity index (χ0v) is 17.7. The van der Waals surface area contributed by atoms with E-state index < -0.39 is 22.0 Å². The maximum absolute atomic E-state index is 13.0. The molecule has 1 aliphatic rings. The van der Waals surface area contributed by atoms with Crippen molar-refractivity contribution in [2.75, 3.05) is 13.2 Å². The normalized spacial score (nSPS) is 14.8. The molecule has 0 bridgehead atoms. The molecule has 3 rings (SSSR count). The fourth-order valence-corrected chi connectivity index (χ4v) is 4.30. The Labute approximate surface area is 175 Å². The van der Waals surface area contributed by atoms with Crippen LogP contribution in [-0.2, 0) is 21.4 Å². The molecule has 9 heteroatoms. The molecule has 2 aromatic rings. The van der Waals surface area contributed by atoms with Gasteiger partial charge in [-0.2, -0.15) is 4.72 Å². The van der Waals surface area contributed by atoms with Crippen molar-refractivity contribution in [2.24, 2.45) is 5.92 Å². The van der Waals surface area contributed by atoms with Crippen LogP contribution in [-0.4, -0.2) is 33.6 Å². The number of fused-ring (bicyclic) bond motifs is 1. The number of ether oxygens (including phenoxy) is 2. The van der Waals surface area contributed by atoms with Gasteiger partial charge in [0, 0.05) is 19.0 Å². The second kappa shape index (κ2) is 9.44. The molecule has 2 aromatic carbocycles. The van der Waals surface area contributed by atoms with Gasteiger partial charge in [0.15, 0.2) is 11.5 Å². The molecular formula is C21H25FN2O5S. The Morgan fingerprint density at radius 2 is 1.73 bits per heavy atom. The summed E-state index contributed by atoms with van der Waals surface area (Å²) >= 11 is 0. The molecule has 0 spiro atoms. The van der Waals surface area contributed by atoms with E-state index in [1.165, 1.54) is 24.3 Å². The molecule has 1 aliphatic heterocycles. The topological polar surface area (TPSA) is 93.7 Å². The minimum absolute atomic E-state index is 0.0104. The average molecular weight is 437 g/mol. The fraction of sp³-hybridized carbons (Fsp3) is 0.381. The van der Waals surface area contributed by atoms with Gasteiger partial charge in [0.1, 0.15) is 11.9 Å². The first kappa shape index (κ1) is 22.0. The molecule has 162 valence electrons. The highest BCUT2D eigenvalue weighted by molar-refractivity contribution is 7.89. The summed E-state index contributed by atoms with van der Waals surface area (Å²) in [7, 11) is -3.98. The van der Waals surface area contributed by atoms with Crippen LogP contribution < -0.4 is 19.5 Å². The summed E-state index contributed by atoms with van der Waals surface area (Å²) in [5, 5.41) is 2.70. The Hall–Kier alpha value is -2.65. The lowest BCUT2D eigenvalue weighted by Crippen LogP contribution is -2.49. The smallest absolute Gasteiger partial charge is 0.241 e. The first-order valence-corrected chi connectivity index (χ1v) is 11.2. The minimum Gasteiger partial charge on any atom is -0.490 e. The standard InChI is InChI=1S/C21H25FN2O5S/c1-14(2)20(21(25)23-13-15-4-6-16(22)7-5-15)24-30(26,27)17-8-9-18-19(12-17)29-11-3-10-28-18/h4-9,12,14,20,24H,3,10-11,13H2,1-2H3,(H,23,25)/t20-/m0/s1. The number of benzene rings is 2. The van der Waals surface area contributed by atoms with Gasteiger partial charge in [-0.3, -0.25) is 4.79 Å². The Balaban J connectivity index is 1.72. The third-order valence-corrected chi connectivity index (χ3v) is 6.08. The van der Waals surface area contributed by atoms with E-state index in [9.17, 15) is 17.6 Å². The van der Waals surface area contributed by atoms with Crippen molar-refractivity contribution in [3.63, 3.8) is 0 Å². The largest absolute Gasteiger partial charge is 0.490 e. The molecule has 2 N–H and O–H groups in total. The number of amides is 1. The van der Waals surface area contributed by atoms with Gasteiger partial charge in [0.25, 0.3) is 0 Å². The van der Waals surface area contributed by atoms with Crippen molar-refractivity contribution >= 4 is 15.9 Å². The van der Waals surface area contributed by atoms with E-state index in [1.54, 1.807) is 32.0 Å². The van der Waals surface area contributed by atoms with Crippen molar-refractivity contribution in [1.29, 1.82) is 0 Å². The highest BCUT2D eigenvalue weighted by Gasteiger charge is 2.29. The van der Waals surface area contributed by atoms with E-state index in [4.69, 9.17) is 9.47 Å². The molecule has 0 unspecified atom stereocenters. The molecule has 0 saturated heterocycles. The number of halogens is 1. The minimum atomic E-state index is -3.98. The summed E-state index contributed by atoms with van der Waals surface area (Å²) < 4.78 is 52.4. The maximum Gasteiger partial charge on any atom is 0.241 e.